The molecule has 4 fully saturated rings. The highest BCUT2D eigenvalue weighted by atomic mass is 16.5. The van der Waals surface area contributed by atoms with Crippen molar-refractivity contribution in [2.45, 2.75) is 43.9 Å². The van der Waals surface area contributed by atoms with Gasteiger partial charge in [0.05, 0.1) is 28.9 Å². The van der Waals surface area contributed by atoms with Crippen molar-refractivity contribution in [2.75, 3.05) is 75.2 Å². The highest BCUT2D eigenvalue weighted by Gasteiger charge is 2.45. The summed E-state index contributed by atoms with van der Waals surface area (Å²) in [7, 11) is 2.12. The third kappa shape index (κ3) is 6.70. The molecule has 5 aliphatic rings. The van der Waals surface area contributed by atoms with E-state index in [9.17, 15) is 19.2 Å². The van der Waals surface area contributed by atoms with Gasteiger partial charge in [0.15, 0.2) is 0 Å². The monoisotopic (exact) mass is 780 g/mol. The summed E-state index contributed by atoms with van der Waals surface area (Å²) in [6, 6.07) is 22.1. The summed E-state index contributed by atoms with van der Waals surface area (Å²) in [4.78, 5) is 65.5. The van der Waals surface area contributed by atoms with Gasteiger partial charge in [-0.25, -0.2) is 0 Å². The first-order chi connectivity index (χ1) is 28.3. The molecule has 3 aromatic carbocycles. The van der Waals surface area contributed by atoms with Crippen LogP contribution in [0.1, 0.15) is 46.4 Å². The maximum atomic E-state index is 13.3. The average molecular weight is 781 g/mol. The Morgan fingerprint density at radius 3 is 2.14 bits per heavy atom. The molecular weight excluding hydrogens is 733 g/mol. The third-order valence-corrected chi connectivity index (χ3v) is 13.0. The van der Waals surface area contributed by atoms with Crippen LogP contribution in [0.25, 0.3) is 32.9 Å². The first-order valence-electron chi connectivity index (χ1n) is 20.7. The number of anilines is 2. The molecule has 5 aromatic rings. The van der Waals surface area contributed by atoms with Gasteiger partial charge in [-0.15, -0.1) is 0 Å². The molecule has 1 N–H and O–H groups in total. The van der Waals surface area contributed by atoms with Crippen LogP contribution in [0.3, 0.4) is 0 Å². The van der Waals surface area contributed by atoms with E-state index in [4.69, 9.17) is 4.74 Å². The molecule has 13 nitrogen and oxygen atoms in total. The molecule has 10 rings (SSSR count). The fourth-order valence-electron chi connectivity index (χ4n) is 9.54. The molecule has 4 amide bonds. The topological polar surface area (TPSA) is 124 Å². The largest absolute Gasteiger partial charge is 0.371 e. The van der Waals surface area contributed by atoms with E-state index in [1.165, 1.54) is 38.6 Å². The normalized spacial score (nSPS) is 21.3. The Morgan fingerprint density at radius 1 is 0.672 bits per heavy atom. The molecular formula is C45H48N8O5. The number of rotatable bonds is 9. The number of imide groups is 2. The second-order valence-electron chi connectivity index (χ2n) is 16.4. The number of nitrogens with one attached hydrogen (secondary N) is 1. The molecule has 298 valence electrons. The van der Waals surface area contributed by atoms with E-state index in [2.05, 4.69) is 90.0 Å². The number of piperidine rings is 2. The van der Waals surface area contributed by atoms with Crippen molar-refractivity contribution >= 4 is 56.8 Å². The quantitative estimate of drug-likeness (QED) is 0.217. The summed E-state index contributed by atoms with van der Waals surface area (Å²) >= 11 is 0. The van der Waals surface area contributed by atoms with Crippen LogP contribution in [0, 0.1) is 0 Å². The maximum Gasteiger partial charge on any atom is 0.262 e. The molecule has 0 bridgehead atoms. The summed E-state index contributed by atoms with van der Waals surface area (Å²) in [6.45, 7) is 9.54. The Hall–Kier alpha value is -5.63. The molecule has 0 saturated carbocycles. The standard InChI is InChI=1S/C45H48N8O5/c1-48-39-12-15-46-26-38(39)35-8-4-30(24-41(35)48)29-2-5-31(6-3-29)52-27-34(28-52)58-33-13-16-49(17-14-33)18-19-50-20-22-51(23-21-50)32-7-9-36-37(25-32)45(57)53(44(36)56)40-10-11-42(54)47-43(40)55/h2-9,12,15,24-26,33-34,40H,10-11,13-14,16-23,27-28H2,1H3,(H,47,54,55). The van der Waals surface area contributed by atoms with E-state index in [-0.39, 0.29) is 24.9 Å². The fourth-order valence-corrected chi connectivity index (χ4v) is 9.54. The molecule has 5 aliphatic heterocycles. The minimum atomic E-state index is -0.955. The van der Waals surface area contributed by atoms with Crippen LogP contribution >= 0.6 is 0 Å². The number of hydrogen-bond donors (Lipinski definition) is 1. The van der Waals surface area contributed by atoms with Crippen LogP contribution in [-0.2, 0) is 21.4 Å². The molecule has 1 unspecified atom stereocenters. The molecule has 1 atom stereocenters. The minimum Gasteiger partial charge on any atom is -0.371 e. The number of ether oxygens (including phenoxy) is 1. The van der Waals surface area contributed by atoms with Gasteiger partial charge in [0, 0.05) is 119 Å². The Kier molecular flexibility index (Phi) is 9.46. The van der Waals surface area contributed by atoms with Crippen LogP contribution in [0.15, 0.2) is 79.1 Å². The Balaban J connectivity index is 0.646. The number of aryl methyl sites for hydroxylation is 1. The molecule has 58 heavy (non-hydrogen) atoms. The van der Waals surface area contributed by atoms with E-state index in [0.29, 0.717) is 17.2 Å². The van der Waals surface area contributed by atoms with Gasteiger partial charge in [0.25, 0.3) is 11.8 Å². The summed E-state index contributed by atoms with van der Waals surface area (Å²) in [5.74, 6) is -1.91. The van der Waals surface area contributed by atoms with Crippen molar-refractivity contribution < 1.29 is 23.9 Å². The van der Waals surface area contributed by atoms with E-state index < -0.39 is 23.8 Å². The number of carbonyl (C=O) groups is 4. The first kappa shape index (κ1) is 36.7. The zero-order chi connectivity index (χ0) is 39.5. The number of benzene rings is 3. The maximum absolute atomic E-state index is 13.3. The van der Waals surface area contributed by atoms with Gasteiger partial charge in [-0.1, -0.05) is 24.3 Å². The molecule has 0 aliphatic carbocycles. The van der Waals surface area contributed by atoms with Gasteiger partial charge in [-0.05, 0) is 72.9 Å². The van der Waals surface area contributed by atoms with Crippen molar-refractivity contribution in [3.63, 3.8) is 0 Å². The van der Waals surface area contributed by atoms with Gasteiger partial charge in [-0.2, -0.15) is 0 Å². The number of aromatic nitrogens is 2. The lowest BCUT2D eigenvalue weighted by Crippen LogP contribution is -2.54. The van der Waals surface area contributed by atoms with E-state index >= 15 is 0 Å². The molecule has 2 aromatic heterocycles. The lowest BCUT2D eigenvalue weighted by Gasteiger charge is -2.44. The predicted octanol–water partition coefficient (Wildman–Crippen LogP) is 4.29. The average Bonchev–Trinajstić information content (AvgIpc) is 3.66. The van der Waals surface area contributed by atoms with Crippen molar-refractivity contribution in [3.05, 3.63) is 90.3 Å². The number of piperazine rings is 1. The second-order valence-corrected chi connectivity index (χ2v) is 16.4. The number of nitrogens with zero attached hydrogens (tertiary/aromatic N) is 7. The van der Waals surface area contributed by atoms with Crippen molar-refractivity contribution in [1.29, 1.82) is 0 Å². The fraction of sp³-hybridized carbons (Fsp3) is 0.400. The van der Waals surface area contributed by atoms with Crippen LogP contribution in [0.5, 0.6) is 0 Å². The Labute approximate surface area is 337 Å². The van der Waals surface area contributed by atoms with E-state index in [1.54, 1.807) is 12.1 Å². The van der Waals surface area contributed by atoms with Crippen LogP contribution in [0.2, 0.25) is 0 Å². The molecule has 13 heteroatoms. The first-order valence-corrected chi connectivity index (χ1v) is 20.7. The van der Waals surface area contributed by atoms with Gasteiger partial charge in [-0.3, -0.25) is 39.3 Å². The summed E-state index contributed by atoms with van der Waals surface area (Å²) in [6.07, 6.45) is 6.79. The van der Waals surface area contributed by atoms with Crippen LogP contribution in [-0.4, -0.2) is 132 Å². The Morgan fingerprint density at radius 2 is 1.38 bits per heavy atom. The number of carbonyl (C=O) groups excluding carboxylic acids is 4. The molecule has 0 radical (unpaired) electrons. The number of pyridine rings is 1. The third-order valence-electron chi connectivity index (χ3n) is 13.0. The number of fused-ring (bicyclic) bond motifs is 4. The minimum absolute atomic E-state index is 0.106. The van der Waals surface area contributed by atoms with Crippen LogP contribution < -0.4 is 15.1 Å². The highest BCUT2D eigenvalue weighted by molar-refractivity contribution is 6.23. The van der Waals surface area contributed by atoms with Crippen molar-refractivity contribution in [2.24, 2.45) is 7.05 Å². The molecule has 0 spiro atoms. The van der Waals surface area contributed by atoms with Crippen LogP contribution in [0.4, 0.5) is 11.4 Å². The Bertz CT molecular complexity index is 2430. The summed E-state index contributed by atoms with van der Waals surface area (Å²) < 4.78 is 8.82. The zero-order valence-electron chi connectivity index (χ0n) is 32.8. The summed E-state index contributed by atoms with van der Waals surface area (Å²) in [5.41, 5.74) is 7.63. The number of hydrogen-bond acceptors (Lipinski definition) is 10. The van der Waals surface area contributed by atoms with Gasteiger partial charge in [0.2, 0.25) is 11.8 Å². The predicted molar refractivity (Wildman–Crippen MR) is 222 cm³/mol. The molecule has 4 saturated heterocycles. The van der Waals surface area contributed by atoms with Crippen molar-refractivity contribution in [1.82, 2.24) is 29.6 Å². The SMILES string of the molecule is Cn1c2ccncc2c2ccc(-c3ccc(N4CC(OC5CCN(CCN6CCN(c7ccc8c(c7)C(=O)N(C7CCC(=O)NC7=O)C8=O)CC6)CC5)C4)cc3)cc21. The van der Waals surface area contributed by atoms with E-state index in [1.807, 2.05) is 18.5 Å². The van der Waals surface area contributed by atoms with E-state index in [0.717, 1.165) is 88.9 Å². The molecule has 7 heterocycles. The highest BCUT2D eigenvalue weighted by Crippen LogP contribution is 2.34. The number of likely N-dealkylation sites (tertiary alicyclic amines) is 1. The van der Waals surface area contributed by atoms with Crippen molar-refractivity contribution in [3.8, 4) is 11.1 Å². The number of amides is 4. The second kappa shape index (κ2) is 14.9. The smallest absolute Gasteiger partial charge is 0.262 e. The lowest BCUT2D eigenvalue weighted by molar-refractivity contribution is -0.136. The zero-order valence-corrected chi connectivity index (χ0v) is 32.8. The van der Waals surface area contributed by atoms with Gasteiger partial charge >= 0.3 is 0 Å². The van der Waals surface area contributed by atoms with Gasteiger partial charge in [0.1, 0.15) is 6.04 Å². The van der Waals surface area contributed by atoms with Gasteiger partial charge < -0.3 is 24.0 Å². The lowest BCUT2D eigenvalue weighted by atomic mass is 10.0. The summed E-state index contributed by atoms with van der Waals surface area (Å²) in [5, 5.41) is 4.67.